The van der Waals surface area contributed by atoms with Crippen molar-refractivity contribution in [3.05, 3.63) is 89.5 Å². The molecular weight excluding hydrogens is 404 g/mol. The van der Waals surface area contributed by atoms with Gasteiger partial charge in [-0.25, -0.2) is 4.79 Å². The summed E-state index contributed by atoms with van der Waals surface area (Å²) >= 11 is 0. The highest BCUT2D eigenvalue weighted by Gasteiger charge is 2.26. The number of benzene rings is 3. The highest BCUT2D eigenvalue weighted by atomic mass is 16.5. The quantitative estimate of drug-likeness (QED) is 0.409. The summed E-state index contributed by atoms with van der Waals surface area (Å²) in [6.07, 6.45) is 1.38. The lowest BCUT2D eigenvalue weighted by molar-refractivity contribution is -0.149. The summed E-state index contributed by atoms with van der Waals surface area (Å²) in [5.41, 5.74) is 3.35. The first-order valence-corrected chi connectivity index (χ1v) is 11.1. The van der Waals surface area contributed by atoms with Crippen molar-refractivity contribution in [2.75, 3.05) is 13.2 Å². The third-order valence-electron chi connectivity index (χ3n) is 5.70. The Kier molecular flexibility index (Phi) is 7.07. The third-order valence-corrected chi connectivity index (χ3v) is 5.70. The number of para-hydroxylation sites is 2. The van der Waals surface area contributed by atoms with Crippen LogP contribution in [-0.4, -0.2) is 30.4 Å². The number of aliphatic carboxylic acids is 1. The van der Waals surface area contributed by atoms with Gasteiger partial charge in [-0.15, -0.1) is 0 Å². The zero-order valence-electron chi connectivity index (χ0n) is 18.2. The van der Waals surface area contributed by atoms with E-state index in [1.165, 1.54) is 11.1 Å². The molecule has 5 nitrogen and oxygen atoms in total. The molecule has 1 unspecified atom stereocenters. The molecule has 3 aromatic carbocycles. The molecule has 1 aliphatic rings. The summed E-state index contributed by atoms with van der Waals surface area (Å²) in [5, 5.41) is 9.24. The van der Waals surface area contributed by atoms with Crippen molar-refractivity contribution in [2.24, 2.45) is 0 Å². The lowest BCUT2D eigenvalue weighted by Crippen LogP contribution is -2.26. The third kappa shape index (κ3) is 5.11. The van der Waals surface area contributed by atoms with Gasteiger partial charge >= 0.3 is 5.97 Å². The molecule has 1 N–H and O–H groups in total. The Labute approximate surface area is 188 Å². The first-order valence-electron chi connectivity index (χ1n) is 11.1. The fourth-order valence-corrected chi connectivity index (χ4v) is 4.15. The molecular formula is C27H28O5. The summed E-state index contributed by atoms with van der Waals surface area (Å²) in [6, 6.07) is 24.0. The molecule has 0 aliphatic carbocycles. The molecule has 0 aromatic heterocycles. The van der Waals surface area contributed by atoms with E-state index < -0.39 is 12.1 Å². The molecule has 1 atom stereocenters. The first-order chi connectivity index (χ1) is 15.7. The van der Waals surface area contributed by atoms with E-state index >= 15 is 0 Å². The van der Waals surface area contributed by atoms with E-state index in [-0.39, 0.29) is 5.92 Å². The highest BCUT2D eigenvalue weighted by molar-refractivity contribution is 5.72. The van der Waals surface area contributed by atoms with Crippen molar-refractivity contribution >= 4 is 5.97 Å². The lowest BCUT2D eigenvalue weighted by atomic mass is 9.85. The first kappa shape index (κ1) is 21.9. The maximum atomic E-state index is 11.3. The van der Waals surface area contributed by atoms with Gasteiger partial charge in [0.15, 0.2) is 6.10 Å². The van der Waals surface area contributed by atoms with Crippen LogP contribution in [0.3, 0.4) is 0 Å². The van der Waals surface area contributed by atoms with Crippen LogP contribution in [0, 0.1) is 0 Å². The number of hydrogen-bond donors (Lipinski definition) is 1. The van der Waals surface area contributed by atoms with Crippen molar-refractivity contribution in [1.82, 2.24) is 0 Å². The molecule has 0 fully saturated rings. The molecule has 0 saturated heterocycles. The molecule has 5 heteroatoms. The zero-order valence-corrected chi connectivity index (χ0v) is 18.2. The van der Waals surface area contributed by atoms with Gasteiger partial charge in [0.25, 0.3) is 0 Å². The van der Waals surface area contributed by atoms with Gasteiger partial charge in [0.2, 0.25) is 0 Å². The molecule has 0 bridgehead atoms. The van der Waals surface area contributed by atoms with Gasteiger partial charge in [0.1, 0.15) is 17.2 Å². The number of carboxylic acids is 1. The van der Waals surface area contributed by atoms with Crippen molar-refractivity contribution in [3.8, 4) is 17.2 Å². The second-order valence-electron chi connectivity index (χ2n) is 7.85. The van der Waals surface area contributed by atoms with Crippen LogP contribution in [0.5, 0.6) is 17.2 Å². The van der Waals surface area contributed by atoms with Crippen LogP contribution >= 0.6 is 0 Å². The van der Waals surface area contributed by atoms with Crippen LogP contribution < -0.4 is 9.47 Å². The van der Waals surface area contributed by atoms with Gasteiger partial charge < -0.3 is 19.3 Å². The van der Waals surface area contributed by atoms with Gasteiger partial charge in [-0.05, 0) is 49.6 Å². The molecule has 3 aromatic rings. The van der Waals surface area contributed by atoms with E-state index in [4.69, 9.17) is 14.2 Å². The molecule has 0 amide bonds. The van der Waals surface area contributed by atoms with Gasteiger partial charge in [-0.1, -0.05) is 48.5 Å². The Bertz CT molecular complexity index is 998. The minimum atomic E-state index is -0.941. The predicted octanol–water partition coefficient (Wildman–Crippen LogP) is 5.82. The molecule has 32 heavy (non-hydrogen) atoms. The zero-order chi connectivity index (χ0) is 22.3. The molecule has 4 rings (SSSR count). The Morgan fingerprint density at radius 2 is 1.59 bits per heavy atom. The Balaban J connectivity index is 1.33. The normalized spacial score (nSPS) is 13.5. The van der Waals surface area contributed by atoms with Crippen LogP contribution in [0.4, 0.5) is 0 Å². The van der Waals surface area contributed by atoms with Crippen LogP contribution in [-0.2, 0) is 16.0 Å². The largest absolute Gasteiger partial charge is 0.494 e. The average molecular weight is 433 g/mol. The van der Waals surface area contributed by atoms with E-state index in [2.05, 4.69) is 24.3 Å². The fourth-order valence-electron chi connectivity index (χ4n) is 4.15. The van der Waals surface area contributed by atoms with E-state index in [0.29, 0.717) is 19.6 Å². The smallest absolute Gasteiger partial charge is 0.333 e. The van der Waals surface area contributed by atoms with Crippen LogP contribution in [0.25, 0.3) is 0 Å². The molecule has 0 saturated carbocycles. The molecule has 166 valence electrons. The summed E-state index contributed by atoms with van der Waals surface area (Å²) < 4.78 is 17.3. The van der Waals surface area contributed by atoms with Crippen LogP contribution in [0.1, 0.15) is 42.4 Å². The van der Waals surface area contributed by atoms with Crippen molar-refractivity contribution in [3.63, 3.8) is 0 Å². The maximum Gasteiger partial charge on any atom is 0.333 e. The number of carboxylic acid groups (broad SMARTS) is 1. The lowest BCUT2D eigenvalue weighted by Gasteiger charge is -2.28. The minimum Gasteiger partial charge on any atom is -0.494 e. The molecule has 0 spiro atoms. The standard InChI is InChI=1S/C27H28O5/c1-2-30-26(27(28)29)18-19-13-15-20(16-14-19)31-17-7-10-21-22-8-3-5-11-24(22)32-25-12-6-4-9-23(21)25/h3-6,8-9,11-16,21,26H,2,7,10,17-18H2,1H3,(H,28,29). The number of rotatable bonds is 10. The van der Waals surface area contributed by atoms with E-state index in [1.54, 1.807) is 6.92 Å². The summed E-state index contributed by atoms with van der Waals surface area (Å²) in [4.78, 5) is 11.3. The van der Waals surface area contributed by atoms with Gasteiger partial charge in [0.05, 0.1) is 6.61 Å². The highest BCUT2D eigenvalue weighted by Crippen LogP contribution is 2.45. The van der Waals surface area contributed by atoms with E-state index in [0.717, 1.165) is 35.7 Å². The molecule has 0 radical (unpaired) electrons. The van der Waals surface area contributed by atoms with Gasteiger partial charge in [-0.3, -0.25) is 0 Å². The Morgan fingerprint density at radius 3 is 2.19 bits per heavy atom. The maximum absolute atomic E-state index is 11.3. The van der Waals surface area contributed by atoms with Crippen molar-refractivity contribution < 1.29 is 24.1 Å². The molecule has 1 heterocycles. The average Bonchev–Trinajstić information content (AvgIpc) is 2.81. The second kappa shape index (κ2) is 10.3. The SMILES string of the molecule is CCOC(Cc1ccc(OCCCC2c3ccccc3Oc3ccccc32)cc1)C(=O)O. The number of carbonyl (C=O) groups is 1. The number of fused-ring (bicyclic) bond motifs is 2. The Hall–Kier alpha value is -3.31. The summed E-state index contributed by atoms with van der Waals surface area (Å²) in [6.45, 7) is 2.78. The van der Waals surface area contributed by atoms with Crippen LogP contribution in [0.2, 0.25) is 0 Å². The Morgan fingerprint density at radius 1 is 0.969 bits per heavy atom. The second-order valence-corrected chi connectivity index (χ2v) is 7.85. The van der Waals surface area contributed by atoms with Gasteiger partial charge in [-0.2, -0.15) is 0 Å². The van der Waals surface area contributed by atoms with E-state index in [1.807, 2.05) is 48.5 Å². The summed E-state index contributed by atoms with van der Waals surface area (Å²) in [5.74, 6) is 1.99. The van der Waals surface area contributed by atoms with Crippen LogP contribution in [0.15, 0.2) is 72.8 Å². The fraction of sp³-hybridized carbons (Fsp3) is 0.296. The topological polar surface area (TPSA) is 65.0 Å². The monoisotopic (exact) mass is 432 g/mol. The predicted molar refractivity (Wildman–Crippen MR) is 123 cm³/mol. The minimum absolute atomic E-state index is 0.286. The van der Waals surface area contributed by atoms with E-state index in [9.17, 15) is 9.90 Å². The van der Waals surface area contributed by atoms with Gasteiger partial charge in [0, 0.05) is 30.1 Å². The molecule has 1 aliphatic heterocycles. The number of hydrogen-bond acceptors (Lipinski definition) is 4. The number of ether oxygens (including phenoxy) is 3. The van der Waals surface area contributed by atoms with Crippen molar-refractivity contribution in [1.29, 1.82) is 0 Å². The van der Waals surface area contributed by atoms with Crippen molar-refractivity contribution in [2.45, 2.75) is 38.2 Å². The summed E-state index contributed by atoms with van der Waals surface area (Å²) in [7, 11) is 0.